The van der Waals surface area contributed by atoms with Crippen molar-refractivity contribution in [3.05, 3.63) is 20.8 Å². The zero-order valence-electron chi connectivity index (χ0n) is 10.7. The second-order valence-electron chi connectivity index (χ2n) is 5.33. The van der Waals surface area contributed by atoms with Crippen molar-refractivity contribution in [3.8, 4) is 0 Å². The lowest BCUT2D eigenvalue weighted by Crippen LogP contribution is -2.41. The molecule has 0 spiro atoms. The summed E-state index contributed by atoms with van der Waals surface area (Å²) in [5.41, 5.74) is 6.22. The molecule has 1 aliphatic heterocycles. The fourth-order valence-electron chi connectivity index (χ4n) is 2.93. The third-order valence-corrected chi connectivity index (χ3v) is 5.27. The molecule has 4 atom stereocenters. The lowest BCUT2D eigenvalue weighted by atomic mass is 10.1. The van der Waals surface area contributed by atoms with E-state index in [2.05, 4.69) is 53.7 Å². The molecule has 17 heavy (non-hydrogen) atoms. The van der Waals surface area contributed by atoms with Crippen LogP contribution in [0.15, 0.2) is 15.9 Å². The number of hydrogen-bond donors (Lipinski definition) is 1. The summed E-state index contributed by atoms with van der Waals surface area (Å²) in [6.07, 6.45) is 1.29. The van der Waals surface area contributed by atoms with Gasteiger partial charge < -0.3 is 5.73 Å². The quantitative estimate of drug-likeness (QED) is 0.922. The van der Waals surface area contributed by atoms with Crippen molar-refractivity contribution in [1.29, 1.82) is 0 Å². The summed E-state index contributed by atoms with van der Waals surface area (Å²) in [6.45, 7) is 7.94. The third-order valence-electron chi connectivity index (χ3n) is 3.57. The van der Waals surface area contributed by atoms with Crippen molar-refractivity contribution >= 4 is 27.3 Å². The van der Waals surface area contributed by atoms with Crippen LogP contribution >= 0.6 is 27.3 Å². The van der Waals surface area contributed by atoms with Gasteiger partial charge >= 0.3 is 0 Å². The van der Waals surface area contributed by atoms with E-state index in [0.717, 1.165) is 5.92 Å². The summed E-state index contributed by atoms with van der Waals surface area (Å²) in [6, 6.07) is 5.51. The van der Waals surface area contributed by atoms with E-state index in [1.165, 1.54) is 21.6 Å². The SMILES string of the molecule is CC1CC(C)N(C(c2ccc(Br)s2)C(C)N)C1. The zero-order valence-corrected chi connectivity index (χ0v) is 13.1. The van der Waals surface area contributed by atoms with Gasteiger partial charge in [0.1, 0.15) is 0 Å². The monoisotopic (exact) mass is 316 g/mol. The van der Waals surface area contributed by atoms with Crippen LogP contribution in [0, 0.1) is 5.92 Å². The highest BCUT2D eigenvalue weighted by Crippen LogP contribution is 2.37. The second kappa shape index (κ2) is 5.39. The van der Waals surface area contributed by atoms with Gasteiger partial charge in [0.2, 0.25) is 0 Å². The first-order valence-corrected chi connectivity index (χ1v) is 7.86. The van der Waals surface area contributed by atoms with Crippen LogP contribution in [-0.2, 0) is 0 Å². The summed E-state index contributed by atoms with van der Waals surface area (Å²) in [4.78, 5) is 3.96. The number of halogens is 1. The Morgan fingerprint density at radius 3 is 2.59 bits per heavy atom. The molecular weight excluding hydrogens is 296 g/mol. The van der Waals surface area contributed by atoms with Gasteiger partial charge in [-0.2, -0.15) is 0 Å². The highest BCUT2D eigenvalue weighted by molar-refractivity contribution is 9.11. The minimum absolute atomic E-state index is 0.174. The Hall–Kier alpha value is 0.1000. The topological polar surface area (TPSA) is 29.3 Å². The highest BCUT2D eigenvalue weighted by atomic mass is 79.9. The predicted molar refractivity (Wildman–Crippen MR) is 78.4 cm³/mol. The number of likely N-dealkylation sites (tertiary alicyclic amines) is 1. The van der Waals surface area contributed by atoms with Gasteiger partial charge in [-0.05, 0) is 54.2 Å². The molecule has 0 bridgehead atoms. The minimum Gasteiger partial charge on any atom is -0.326 e. The Morgan fingerprint density at radius 2 is 2.18 bits per heavy atom. The number of nitrogens with two attached hydrogens (primary N) is 1. The summed E-state index contributed by atoms with van der Waals surface area (Å²) >= 11 is 5.35. The third kappa shape index (κ3) is 2.92. The molecule has 96 valence electrons. The molecular formula is C13H21BrN2S. The Kier molecular flexibility index (Phi) is 4.29. The molecule has 0 amide bonds. The largest absolute Gasteiger partial charge is 0.326 e. The maximum atomic E-state index is 6.22. The van der Waals surface area contributed by atoms with Crippen molar-refractivity contribution in [2.24, 2.45) is 11.7 Å². The molecule has 0 aliphatic carbocycles. The standard InChI is InChI=1S/C13H21BrN2S/c1-8-6-9(2)16(7-8)13(10(3)15)11-4-5-12(14)17-11/h4-5,8-10,13H,6-7,15H2,1-3H3. The molecule has 2 rings (SSSR count). The second-order valence-corrected chi connectivity index (χ2v) is 7.83. The molecule has 1 saturated heterocycles. The minimum atomic E-state index is 0.174. The Labute approximate surface area is 116 Å². The normalized spacial score (nSPS) is 29.5. The smallest absolute Gasteiger partial charge is 0.0702 e. The molecule has 4 unspecified atom stereocenters. The Bertz CT molecular complexity index is 377. The molecule has 1 aliphatic rings. The van der Waals surface area contributed by atoms with E-state index >= 15 is 0 Å². The number of nitrogens with zero attached hydrogens (tertiary/aromatic N) is 1. The van der Waals surface area contributed by atoms with Gasteiger partial charge in [-0.25, -0.2) is 0 Å². The van der Waals surface area contributed by atoms with Crippen LogP contribution < -0.4 is 5.73 Å². The summed E-state index contributed by atoms with van der Waals surface area (Å²) < 4.78 is 1.19. The first-order valence-electron chi connectivity index (χ1n) is 6.25. The average molecular weight is 317 g/mol. The van der Waals surface area contributed by atoms with Crippen LogP contribution in [0.5, 0.6) is 0 Å². The first kappa shape index (κ1) is 13.5. The van der Waals surface area contributed by atoms with Crippen molar-refractivity contribution in [2.75, 3.05) is 6.54 Å². The van der Waals surface area contributed by atoms with E-state index in [1.54, 1.807) is 0 Å². The van der Waals surface area contributed by atoms with Gasteiger partial charge in [-0.1, -0.05) is 6.92 Å². The highest BCUT2D eigenvalue weighted by Gasteiger charge is 2.34. The van der Waals surface area contributed by atoms with Gasteiger partial charge in [0.15, 0.2) is 0 Å². The summed E-state index contributed by atoms with van der Waals surface area (Å²) in [7, 11) is 0. The van der Waals surface area contributed by atoms with Crippen LogP contribution in [0.4, 0.5) is 0 Å². The molecule has 2 nitrogen and oxygen atoms in total. The summed E-state index contributed by atoms with van der Waals surface area (Å²) in [5.74, 6) is 0.787. The Morgan fingerprint density at radius 1 is 1.47 bits per heavy atom. The van der Waals surface area contributed by atoms with E-state index in [9.17, 15) is 0 Å². The van der Waals surface area contributed by atoms with Crippen molar-refractivity contribution in [2.45, 2.75) is 45.3 Å². The molecule has 4 heteroatoms. The molecule has 0 radical (unpaired) electrons. The van der Waals surface area contributed by atoms with E-state index < -0.39 is 0 Å². The molecule has 2 N–H and O–H groups in total. The molecule has 0 saturated carbocycles. The molecule has 2 heterocycles. The van der Waals surface area contributed by atoms with Crippen molar-refractivity contribution in [1.82, 2.24) is 4.90 Å². The predicted octanol–water partition coefficient (Wildman–Crippen LogP) is 3.63. The number of hydrogen-bond acceptors (Lipinski definition) is 3. The van der Waals surface area contributed by atoms with E-state index in [1.807, 2.05) is 11.3 Å². The molecule has 1 fully saturated rings. The van der Waals surface area contributed by atoms with Crippen LogP contribution in [-0.4, -0.2) is 23.5 Å². The van der Waals surface area contributed by atoms with Gasteiger partial charge in [-0.3, -0.25) is 4.90 Å². The van der Waals surface area contributed by atoms with Gasteiger partial charge in [0.05, 0.1) is 9.83 Å². The maximum absolute atomic E-state index is 6.22. The van der Waals surface area contributed by atoms with Crippen molar-refractivity contribution < 1.29 is 0 Å². The number of rotatable bonds is 3. The first-order chi connectivity index (χ1) is 7.99. The lowest BCUT2D eigenvalue weighted by Gasteiger charge is -2.33. The fourth-order valence-corrected chi connectivity index (χ4v) is 4.59. The average Bonchev–Trinajstić information content (AvgIpc) is 2.75. The van der Waals surface area contributed by atoms with E-state index in [-0.39, 0.29) is 6.04 Å². The fraction of sp³-hybridized carbons (Fsp3) is 0.692. The van der Waals surface area contributed by atoms with Crippen LogP contribution in [0.25, 0.3) is 0 Å². The van der Waals surface area contributed by atoms with Crippen molar-refractivity contribution in [3.63, 3.8) is 0 Å². The molecule has 0 aromatic carbocycles. The van der Waals surface area contributed by atoms with Crippen LogP contribution in [0.2, 0.25) is 0 Å². The van der Waals surface area contributed by atoms with Gasteiger partial charge in [0.25, 0.3) is 0 Å². The van der Waals surface area contributed by atoms with E-state index in [4.69, 9.17) is 5.73 Å². The van der Waals surface area contributed by atoms with Crippen LogP contribution in [0.1, 0.15) is 38.1 Å². The lowest BCUT2D eigenvalue weighted by molar-refractivity contribution is 0.170. The zero-order chi connectivity index (χ0) is 12.6. The Balaban J connectivity index is 2.24. The van der Waals surface area contributed by atoms with Gasteiger partial charge in [0, 0.05) is 23.5 Å². The molecule has 1 aromatic heterocycles. The summed E-state index contributed by atoms with van der Waals surface area (Å²) in [5, 5.41) is 0. The van der Waals surface area contributed by atoms with Gasteiger partial charge in [-0.15, -0.1) is 11.3 Å². The van der Waals surface area contributed by atoms with Crippen LogP contribution in [0.3, 0.4) is 0 Å². The maximum Gasteiger partial charge on any atom is 0.0702 e. The number of thiophene rings is 1. The molecule has 1 aromatic rings. The van der Waals surface area contributed by atoms with E-state index in [0.29, 0.717) is 12.1 Å².